The van der Waals surface area contributed by atoms with E-state index in [1.54, 1.807) is 11.3 Å². The Morgan fingerprint density at radius 2 is 2.05 bits per heavy atom. The predicted molar refractivity (Wildman–Crippen MR) is 92.1 cm³/mol. The summed E-state index contributed by atoms with van der Waals surface area (Å²) in [5.41, 5.74) is 2.26. The van der Waals surface area contributed by atoms with Crippen LogP contribution in [0.2, 0.25) is 0 Å². The highest BCUT2D eigenvalue weighted by Crippen LogP contribution is 2.45. The number of aromatic nitrogens is 2. The maximum absolute atomic E-state index is 4.84. The highest BCUT2D eigenvalue weighted by Gasteiger charge is 2.29. The Balaban J connectivity index is 1.93. The lowest BCUT2D eigenvalue weighted by Crippen LogP contribution is -2.02. The minimum atomic E-state index is 0.582. The Bertz CT molecular complexity index is 824. The summed E-state index contributed by atoms with van der Waals surface area (Å²) in [4.78, 5) is 9.54. The molecule has 1 aliphatic rings. The number of nitrogens with zero attached hydrogens (tertiary/aromatic N) is 2. The predicted octanol–water partition coefficient (Wildman–Crippen LogP) is 5.04. The highest BCUT2D eigenvalue weighted by molar-refractivity contribution is 9.10. The molecule has 1 N–H and O–H groups in total. The second-order valence-electron chi connectivity index (χ2n) is 5.26. The van der Waals surface area contributed by atoms with Gasteiger partial charge in [0.1, 0.15) is 5.82 Å². The molecule has 4 rings (SSSR count). The third-order valence-electron chi connectivity index (χ3n) is 3.80. The number of halogens is 1. The van der Waals surface area contributed by atoms with Gasteiger partial charge in [0.25, 0.3) is 0 Å². The van der Waals surface area contributed by atoms with Crippen LogP contribution in [-0.2, 0) is 0 Å². The van der Waals surface area contributed by atoms with E-state index in [0.29, 0.717) is 5.92 Å². The smallest absolute Gasteiger partial charge is 0.163 e. The Labute approximate surface area is 135 Å². The molecule has 0 spiro atoms. The van der Waals surface area contributed by atoms with Crippen molar-refractivity contribution in [2.24, 2.45) is 0 Å². The van der Waals surface area contributed by atoms with Gasteiger partial charge in [-0.25, -0.2) is 9.97 Å². The lowest BCUT2D eigenvalue weighted by atomic mass is 10.1. The monoisotopic (exact) mass is 359 g/mol. The van der Waals surface area contributed by atoms with Crippen molar-refractivity contribution < 1.29 is 0 Å². The zero-order chi connectivity index (χ0) is 14.4. The maximum Gasteiger partial charge on any atom is 0.163 e. The van der Waals surface area contributed by atoms with Crippen LogP contribution in [-0.4, -0.2) is 17.0 Å². The van der Waals surface area contributed by atoms with Gasteiger partial charge in [-0.3, -0.25) is 0 Å². The van der Waals surface area contributed by atoms with E-state index < -0.39 is 0 Å². The lowest BCUT2D eigenvalue weighted by Gasteiger charge is -2.10. The summed E-state index contributed by atoms with van der Waals surface area (Å²) >= 11 is 5.39. The number of anilines is 1. The van der Waals surface area contributed by atoms with Crippen LogP contribution in [0.25, 0.3) is 21.5 Å². The van der Waals surface area contributed by atoms with Crippen LogP contribution in [0.1, 0.15) is 24.5 Å². The SMILES string of the molecule is CNc1nc(-c2csc3ccccc23)nc(C2CC2)c1Br. The number of hydrogen-bond donors (Lipinski definition) is 1. The number of fused-ring (bicyclic) bond motifs is 1. The molecule has 1 fully saturated rings. The van der Waals surface area contributed by atoms with Crippen molar-refractivity contribution in [3.63, 3.8) is 0 Å². The fourth-order valence-electron chi connectivity index (χ4n) is 2.53. The summed E-state index contributed by atoms with van der Waals surface area (Å²) in [6, 6.07) is 8.42. The molecular formula is C16H14BrN3S. The summed E-state index contributed by atoms with van der Waals surface area (Å²) < 4.78 is 2.29. The van der Waals surface area contributed by atoms with Crippen LogP contribution in [0.3, 0.4) is 0 Å². The fraction of sp³-hybridized carbons (Fsp3) is 0.250. The highest BCUT2D eigenvalue weighted by atomic mass is 79.9. The van der Waals surface area contributed by atoms with Gasteiger partial charge >= 0.3 is 0 Å². The van der Waals surface area contributed by atoms with E-state index in [4.69, 9.17) is 9.97 Å². The minimum Gasteiger partial charge on any atom is -0.372 e. The first-order valence-electron chi connectivity index (χ1n) is 6.99. The zero-order valence-corrected chi connectivity index (χ0v) is 14.0. The third-order valence-corrected chi connectivity index (χ3v) is 5.54. The van der Waals surface area contributed by atoms with Crippen molar-refractivity contribution in [1.82, 2.24) is 9.97 Å². The van der Waals surface area contributed by atoms with Gasteiger partial charge in [0.15, 0.2) is 5.82 Å². The molecule has 0 saturated heterocycles. The second-order valence-corrected chi connectivity index (χ2v) is 6.97. The summed E-state index contributed by atoms with van der Waals surface area (Å²) in [7, 11) is 1.90. The van der Waals surface area contributed by atoms with Crippen LogP contribution in [0.15, 0.2) is 34.1 Å². The molecule has 5 heteroatoms. The molecule has 0 aliphatic heterocycles. The second kappa shape index (κ2) is 5.07. The molecule has 0 unspecified atom stereocenters. The average Bonchev–Trinajstić information content (AvgIpc) is 3.27. The Morgan fingerprint density at radius 1 is 1.24 bits per heavy atom. The number of benzene rings is 1. The number of rotatable bonds is 3. The largest absolute Gasteiger partial charge is 0.372 e. The van der Waals surface area contributed by atoms with E-state index in [2.05, 4.69) is 50.9 Å². The Kier molecular flexibility index (Phi) is 3.19. The first-order chi connectivity index (χ1) is 10.3. The first kappa shape index (κ1) is 13.2. The summed E-state index contributed by atoms with van der Waals surface area (Å²) in [6.07, 6.45) is 2.45. The Hall–Kier alpha value is -1.46. The van der Waals surface area contributed by atoms with Gasteiger partial charge in [0.05, 0.1) is 10.2 Å². The van der Waals surface area contributed by atoms with Crippen LogP contribution in [0.4, 0.5) is 5.82 Å². The van der Waals surface area contributed by atoms with E-state index in [0.717, 1.165) is 27.4 Å². The van der Waals surface area contributed by atoms with Gasteiger partial charge in [0.2, 0.25) is 0 Å². The zero-order valence-electron chi connectivity index (χ0n) is 11.6. The quantitative estimate of drug-likeness (QED) is 0.711. The van der Waals surface area contributed by atoms with E-state index in [9.17, 15) is 0 Å². The van der Waals surface area contributed by atoms with E-state index >= 15 is 0 Å². The van der Waals surface area contributed by atoms with E-state index in [1.165, 1.54) is 22.9 Å². The van der Waals surface area contributed by atoms with E-state index in [-0.39, 0.29) is 0 Å². The van der Waals surface area contributed by atoms with Crippen molar-refractivity contribution in [2.75, 3.05) is 12.4 Å². The van der Waals surface area contributed by atoms with Gasteiger partial charge in [0, 0.05) is 34.0 Å². The molecule has 2 heterocycles. The standard InChI is InChI=1S/C16H14BrN3S/c1-18-16-13(17)14(9-6-7-9)19-15(20-16)11-8-21-12-5-3-2-4-10(11)12/h2-5,8-9H,6-7H2,1H3,(H,18,19,20). The minimum absolute atomic E-state index is 0.582. The van der Waals surface area contributed by atoms with Crippen molar-refractivity contribution in [3.05, 3.63) is 39.8 Å². The summed E-state index contributed by atoms with van der Waals surface area (Å²) in [5, 5.41) is 6.56. The molecule has 106 valence electrons. The number of hydrogen-bond acceptors (Lipinski definition) is 4. The molecular weight excluding hydrogens is 346 g/mol. The van der Waals surface area contributed by atoms with Crippen molar-refractivity contribution in [1.29, 1.82) is 0 Å². The molecule has 0 amide bonds. The lowest BCUT2D eigenvalue weighted by molar-refractivity contribution is 0.982. The molecule has 2 aromatic heterocycles. The van der Waals surface area contributed by atoms with Crippen LogP contribution in [0.5, 0.6) is 0 Å². The van der Waals surface area contributed by atoms with Crippen molar-refractivity contribution in [2.45, 2.75) is 18.8 Å². The molecule has 0 radical (unpaired) electrons. The average molecular weight is 360 g/mol. The Morgan fingerprint density at radius 3 is 2.81 bits per heavy atom. The fourth-order valence-corrected chi connectivity index (χ4v) is 4.17. The molecule has 1 aliphatic carbocycles. The van der Waals surface area contributed by atoms with Crippen molar-refractivity contribution >= 4 is 43.2 Å². The third kappa shape index (κ3) is 2.24. The van der Waals surface area contributed by atoms with Crippen LogP contribution < -0.4 is 5.32 Å². The first-order valence-corrected chi connectivity index (χ1v) is 8.67. The van der Waals surface area contributed by atoms with Gasteiger partial charge in [-0.15, -0.1) is 11.3 Å². The molecule has 0 atom stereocenters. The van der Waals surface area contributed by atoms with Crippen LogP contribution in [0, 0.1) is 0 Å². The van der Waals surface area contributed by atoms with Gasteiger partial charge < -0.3 is 5.32 Å². The molecule has 3 nitrogen and oxygen atoms in total. The maximum atomic E-state index is 4.84. The number of nitrogens with one attached hydrogen (secondary N) is 1. The van der Waals surface area contributed by atoms with Crippen molar-refractivity contribution in [3.8, 4) is 11.4 Å². The summed E-state index contributed by atoms with van der Waals surface area (Å²) in [5.74, 6) is 2.28. The summed E-state index contributed by atoms with van der Waals surface area (Å²) in [6.45, 7) is 0. The molecule has 21 heavy (non-hydrogen) atoms. The molecule has 0 bridgehead atoms. The number of thiophene rings is 1. The topological polar surface area (TPSA) is 37.8 Å². The van der Waals surface area contributed by atoms with Gasteiger partial charge in [-0.2, -0.15) is 0 Å². The van der Waals surface area contributed by atoms with E-state index in [1.807, 2.05) is 7.05 Å². The molecule has 1 saturated carbocycles. The molecule has 3 aromatic rings. The van der Waals surface area contributed by atoms with Gasteiger partial charge in [-0.05, 0) is 34.8 Å². The van der Waals surface area contributed by atoms with Crippen LogP contribution >= 0.6 is 27.3 Å². The molecule has 1 aromatic carbocycles. The normalized spacial score (nSPS) is 14.6. The van der Waals surface area contributed by atoms with Gasteiger partial charge in [-0.1, -0.05) is 18.2 Å².